The fraction of sp³-hybridized carbons (Fsp3) is 0.769. The van der Waals surface area contributed by atoms with Crippen molar-refractivity contribution >= 4 is 5.97 Å². The Balaban J connectivity index is 1.83. The first-order chi connectivity index (χ1) is 8.11. The molecule has 2 bridgehead atoms. The number of methoxy groups -OCH3 is 1. The summed E-state index contributed by atoms with van der Waals surface area (Å²) in [5.74, 6) is 1.59. The Hall–Kier alpha value is -0.870. The number of carbonyl (C=O) groups is 1. The Kier molecular flexibility index (Phi) is 3.84. The normalized spacial score (nSPS) is 33.7. The quantitative estimate of drug-likeness (QED) is 0.548. The highest BCUT2D eigenvalue weighted by Gasteiger charge is 2.36. The minimum Gasteiger partial charge on any atom is -0.468 e. The molecular weight excluding hydrogens is 218 g/mol. The highest BCUT2D eigenvalue weighted by Crippen LogP contribution is 2.42. The minimum atomic E-state index is -0.725. The lowest BCUT2D eigenvalue weighted by atomic mass is 9.93. The third-order valence-corrected chi connectivity index (χ3v) is 3.95. The van der Waals surface area contributed by atoms with Gasteiger partial charge >= 0.3 is 5.97 Å². The van der Waals surface area contributed by atoms with Gasteiger partial charge in [-0.3, -0.25) is 4.79 Å². The van der Waals surface area contributed by atoms with E-state index in [0.29, 0.717) is 11.8 Å². The Bertz CT molecular complexity index is 314. The second-order valence-corrected chi connectivity index (χ2v) is 5.19. The summed E-state index contributed by atoms with van der Waals surface area (Å²) in [6, 6.07) is -0.608. The number of hydrogen-bond acceptors (Lipinski definition) is 4. The standard InChI is InChI=1S/C13H21NO3/c1-8(15)12(13(16)17-2)14-7-11-6-9-3-4-10(11)5-9/h3-4,8-12,14-15H,5-7H2,1-2H3/t8-,9-,10-,11-,12+/m0/s1. The second-order valence-electron chi connectivity index (χ2n) is 5.19. The number of carbonyl (C=O) groups excluding carboxylic acids is 1. The summed E-state index contributed by atoms with van der Waals surface area (Å²) < 4.78 is 4.68. The van der Waals surface area contributed by atoms with Gasteiger partial charge < -0.3 is 15.2 Å². The maximum atomic E-state index is 11.5. The molecule has 4 nitrogen and oxygen atoms in total. The number of nitrogens with one attached hydrogen (secondary N) is 1. The van der Waals surface area contributed by atoms with Crippen molar-refractivity contribution in [2.75, 3.05) is 13.7 Å². The highest BCUT2D eigenvalue weighted by atomic mass is 16.5. The molecule has 0 unspecified atom stereocenters. The summed E-state index contributed by atoms with van der Waals surface area (Å²) in [4.78, 5) is 11.5. The fourth-order valence-corrected chi connectivity index (χ4v) is 2.99. The fourth-order valence-electron chi connectivity index (χ4n) is 2.99. The topological polar surface area (TPSA) is 58.6 Å². The molecule has 5 atom stereocenters. The van der Waals surface area contributed by atoms with Crippen LogP contribution in [0, 0.1) is 17.8 Å². The number of esters is 1. The summed E-state index contributed by atoms with van der Waals surface area (Å²) in [6.07, 6.45) is 6.31. The van der Waals surface area contributed by atoms with Gasteiger partial charge in [0.05, 0.1) is 13.2 Å². The number of ether oxygens (including phenoxy) is 1. The molecule has 0 heterocycles. The molecule has 0 saturated heterocycles. The van der Waals surface area contributed by atoms with Gasteiger partial charge in [-0.05, 0) is 44.1 Å². The lowest BCUT2D eigenvalue weighted by molar-refractivity contribution is -0.145. The van der Waals surface area contributed by atoms with E-state index in [1.165, 1.54) is 20.0 Å². The smallest absolute Gasteiger partial charge is 0.325 e. The van der Waals surface area contributed by atoms with Crippen molar-refractivity contribution in [1.82, 2.24) is 5.32 Å². The molecule has 2 N–H and O–H groups in total. The molecule has 0 aliphatic heterocycles. The van der Waals surface area contributed by atoms with Gasteiger partial charge in [-0.1, -0.05) is 12.2 Å². The van der Waals surface area contributed by atoms with E-state index in [4.69, 9.17) is 0 Å². The molecule has 0 aromatic heterocycles. The van der Waals surface area contributed by atoms with Gasteiger partial charge in [-0.15, -0.1) is 0 Å². The summed E-state index contributed by atoms with van der Waals surface area (Å²) >= 11 is 0. The second kappa shape index (κ2) is 5.19. The third kappa shape index (κ3) is 2.69. The van der Waals surface area contributed by atoms with Crippen molar-refractivity contribution in [3.8, 4) is 0 Å². The van der Waals surface area contributed by atoms with Crippen molar-refractivity contribution < 1.29 is 14.6 Å². The van der Waals surface area contributed by atoms with Crippen LogP contribution < -0.4 is 5.32 Å². The summed E-state index contributed by atoms with van der Waals surface area (Å²) in [6.45, 7) is 2.38. The van der Waals surface area contributed by atoms with E-state index >= 15 is 0 Å². The summed E-state index contributed by atoms with van der Waals surface area (Å²) in [7, 11) is 1.35. The van der Waals surface area contributed by atoms with E-state index in [-0.39, 0.29) is 0 Å². The van der Waals surface area contributed by atoms with E-state index in [1.54, 1.807) is 6.92 Å². The predicted octanol–water partition coefficient (Wildman–Crippen LogP) is 0.711. The Morgan fingerprint density at radius 1 is 1.53 bits per heavy atom. The summed E-state index contributed by atoms with van der Waals surface area (Å²) in [5.41, 5.74) is 0. The highest BCUT2D eigenvalue weighted by molar-refractivity contribution is 5.76. The van der Waals surface area contributed by atoms with Crippen LogP contribution in [0.1, 0.15) is 19.8 Å². The third-order valence-electron chi connectivity index (χ3n) is 3.95. The van der Waals surface area contributed by atoms with Crippen LogP contribution in [-0.2, 0) is 9.53 Å². The van der Waals surface area contributed by atoms with E-state index in [2.05, 4.69) is 22.2 Å². The maximum absolute atomic E-state index is 11.5. The average Bonchev–Trinajstić information content (AvgIpc) is 2.90. The first-order valence-electron chi connectivity index (χ1n) is 6.29. The molecule has 0 aromatic rings. The van der Waals surface area contributed by atoms with E-state index < -0.39 is 18.1 Å². The molecule has 2 aliphatic rings. The van der Waals surface area contributed by atoms with Gasteiger partial charge in [0.2, 0.25) is 0 Å². The number of hydrogen-bond donors (Lipinski definition) is 2. The van der Waals surface area contributed by atoms with Crippen LogP contribution in [0.3, 0.4) is 0 Å². The van der Waals surface area contributed by atoms with E-state index in [1.807, 2.05) is 0 Å². The van der Waals surface area contributed by atoms with Crippen LogP contribution in [0.25, 0.3) is 0 Å². The zero-order chi connectivity index (χ0) is 12.4. The Morgan fingerprint density at radius 2 is 2.29 bits per heavy atom. The number of aliphatic hydroxyl groups is 1. The maximum Gasteiger partial charge on any atom is 0.325 e. The summed E-state index contributed by atoms with van der Waals surface area (Å²) in [5, 5.41) is 12.7. The van der Waals surface area contributed by atoms with Gasteiger partial charge in [0.1, 0.15) is 6.04 Å². The van der Waals surface area contributed by atoms with E-state index in [9.17, 15) is 9.90 Å². The number of allylic oxidation sites excluding steroid dienone is 2. The lowest BCUT2D eigenvalue weighted by Crippen LogP contribution is -2.47. The molecule has 2 rings (SSSR count). The molecule has 0 aromatic carbocycles. The first kappa shape index (κ1) is 12.6. The van der Waals surface area contributed by atoms with Crippen molar-refractivity contribution in [1.29, 1.82) is 0 Å². The van der Waals surface area contributed by atoms with Crippen LogP contribution in [0.2, 0.25) is 0 Å². The van der Waals surface area contributed by atoms with Gasteiger partial charge in [-0.2, -0.15) is 0 Å². The van der Waals surface area contributed by atoms with Gasteiger partial charge in [0.15, 0.2) is 0 Å². The minimum absolute atomic E-state index is 0.390. The predicted molar refractivity (Wildman–Crippen MR) is 64.3 cm³/mol. The largest absolute Gasteiger partial charge is 0.468 e. The van der Waals surface area contributed by atoms with E-state index in [0.717, 1.165) is 12.5 Å². The van der Waals surface area contributed by atoms with Crippen LogP contribution >= 0.6 is 0 Å². The SMILES string of the molecule is COC(=O)[C@H](NC[C@@H]1C[C@H]2C=C[C@H]1C2)[C@H](C)O. The van der Waals surface area contributed by atoms with Gasteiger partial charge in [0, 0.05) is 0 Å². The number of rotatable bonds is 5. The van der Waals surface area contributed by atoms with Crippen molar-refractivity contribution in [3.05, 3.63) is 12.2 Å². The molecule has 0 amide bonds. The van der Waals surface area contributed by atoms with Crippen LogP contribution in [0.4, 0.5) is 0 Å². The Labute approximate surface area is 102 Å². The molecule has 2 aliphatic carbocycles. The molecule has 1 fully saturated rings. The Morgan fingerprint density at radius 3 is 2.76 bits per heavy atom. The molecule has 96 valence electrons. The van der Waals surface area contributed by atoms with Crippen LogP contribution in [-0.4, -0.2) is 36.9 Å². The average molecular weight is 239 g/mol. The molecular formula is C13H21NO3. The van der Waals surface area contributed by atoms with Gasteiger partial charge in [0.25, 0.3) is 0 Å². The lowest BCUT2D eigenvalue weighted by Gasteiger charge is -2.24. The number of fused-ring (bicyclic) bond motifs is 2. The number of aliphatic hydroxyl groups excluding tert-OH is 1. The molecule has 0 spiro atoms. The van der Waals surface area contributed by atoms with Gasteiger partial charge in [-0.25, -0.2) is 0 Å². The molecule has 1 saturated carbocycles. The first-order valence-corrected chi connectivity index (χ1v) is 6.29. The molecule has 17 heavy (non-hydrogen) atoms. The monoisotopic (exact) mass is 239 g/mol. The van der Waals surface area contributed by atoms with Crippen LogP contribution in [0.15, 0.2) is 12.2 Å². The van der Waals surface area contributed by atoms with Crippen LogP contribution in [0.5, 0.6) is 0 Å². The van der Waals surface area contributed by atoms with Crippen molar-refractivity contribution in [3.63, 3.8) is 0 Å². The van der Waals surface area contributed by atoms with Crippen molar-refractivity contribution in [2.45, 2.75) is 31.9 Å². The molecule has 0 radical (unpaired) electrons. The zero-order valence-electron chi connectivity index (χ0n) is 10.4. The molecule has 4 heteroatoms. The van der Waals surface area contributed by atoms with Crippen molar-refractivity contribution in [2.24, 2.45) is 17.8 Å². The zero-order valence-corrected chi connectivity index (χ0v) is 10.4.